The van der Waals surface area contributed by atoms with Crippen molar-refractivity contribution in [3.63, 3.8) is 0 Å². The van der Waals surface area contributed by atoms with E-state index >= 15 is 0 Å². The molecule has 1 saturated carbocycles. The van der Waals surface area contributed by atoms with Gasteiger partial charge in [0.25, 0.3) is 0 Å². The van der Waals surface area contributed by atoms with Crippen molar-refractivity contribution in [3.8, 4) is 0 Å². The summed E-state index contributed by atoms with van der Waals surface area (Å²) in [5.41, 5.74) is 0.694. The lowest BCUT2D eigenvalue weighted by Gasteiger charge is -2.13. The molecule has 0 radical (unpaired) electrons. The van der Waals surface area contributed by atoms with Crippen LogP contribution in [-0.2, 0) is 4.79 Å². The molecule has 1 aliphatic rings. The van der Waals surface area contributed by atoms with Gasteiger partial charge in [-0.15, -0.1) is 0 Å². The molecule has 0 spiro atoms. The summed E-state index contributed by atoms with van der Waals surface area (Å²) in [6.07, 6.45) is 5.83. The summed E-state index contributed by atoms with van der Waals surface area (Å²) in [6, 6.07) is 0. The van der Waals surface area contributed by atoms with Crippen molar-refractivity contribution in [2.75, 3.05) is 27.2 Å². The van der Waals surface area contributed by atoms with Gasteiger partial charge < -0.3 is 10.2 Å². The van der Waals surface area contributed by atoms with Crippen molar-refractivity contribution in [2.45, 2.75) is 60.3 Å². The molecule has 3 heteroatoms. The minimum absolute atomic E-state index is 0.0388. The molecule has 1 N–H and O–H groups in total. The van der Waals surface area contributed by atoms with E-state index in [4.69, 9.17) is 0 Å². The Bertz CT molecular complexity index is 193. The minimum atomic E-state index is 0.0388. The highest BCUT2D eigenvalue weighted by molar-refractivity contribution is 5.72. The fraction of sp³-hybridized carbons (Fsp3) is 0.933. The van der Waals surface area contributed by atoms with E-state index in [0.29, 0.717) is 5.41 Å². The number of hydrogen-bond donors (Lipinski definition) is 1. The van der Waals surface area contributed by atoms with Gasteiger partial charge in [-0.1, -0.05) is 40.5 Å². The average Bonchev–Trinajstić information content (AvgIpc) is 2.66. The highest BCUT2D eigenvalue weighted by Crippen LogP contribution is 2.36. The SMILES string of the molecule is CC.CC(=O)NCCN(C)C.CC1(C)CCCC1. The van der Waals surface area contributed by atoms with Crippen LogP contribution < -0.4 is 5.32 Å². The summed E-state index contributed by atoms with van der Waals surface area (Å²) in [4.78, 5) is 12.3. The van der Waals surface area contributed by atoms with Gasteiger partial charge in [-0.25, -0.2) is 0 Å². The Morgan fingerprint density at radius 1 is 1.17 bits per heavy atom. The second kappa shape index (κ2) is 11.5. The first-order valence-electron chi connectivity index (χ1n) is 7.23. The quantitative estimate of drug-likeness (QED) is 0.842. The Kier molecular flexibility index (Phi) is 12.6. The number of nitrogens with one attached hydrogen (secondary N) is 1. The van der Waals surface area contributed by atoms with Gasteiger partial charge >= 0.3 is 0 Å². The maximum atomic E-state index is 10.3. The highest BCUT2D eigenvalue weighted by Gasteiger charge is 2.21. The lowest BCUT2D eigenvalue weighted by Crippen LogP contribution is -2.29. The average molecular weight is 258 g/mol. The van der Waals surface area contributed by atoms with Crippen molar-refractivity contribution in [2.24, 2.45) is 5.41 Å². The van der Waals surface area contributed by atoms with E-state index in [1.165, 1.54) is 32.6 Å². The molecule has 1 amide bonds. The summed E-state index contributed by atoms with van der Waals surface area (Å²) in [5, 5.41) is 2.70. The number of hydrogen-bond acceptors (Lipinski definition) is 2. The molecule has 0 aromatic carbocycles. The van der Waals surface area contributed by atoms with Gasteiger partial charge in [0, 0.05) is 20.0 Å². The maximum Gasteiger partial charge on any atom is 0.216 e. The van der Waals surface area contributed by atoms with Gasteiger partial charge in [-0.05, 0) is 32.4 Å². The molecule has 110 valence electrons. The molecule has 0 heterocycles. The zero-order chi connectivity index (χ0) is 14.6. The first-order valence-corrected chi connectivity index (χ1v) is 7.23. The first-order chi connectivity index (χ1) is 8.33. The largest absolute Gasteiger partial charge is 0.355 e. The lowest BCUT2D eigenvalue weighted by atomic mass is 9.92. The van der Waals surface area contributed by atoms with E-state index in [9.17, 15) is 4.79 Å². The number of rotatable bonds is 3. The topological polar surface area (TPSA) is 32.3 Å². The molecule has 1 fully saturated rings. The monoisotopic (exact) mass is 258 g/mol. The third-order valence-electron chi connectivity index (χ3n) is 2.89. The third-order valence-corrected chi connectivity index (χ3v) is 2.89. The van der Waals surface area contributed by atoms with Gasteiger partial charge in [0.1, 0.15) is 0 Å². The summed E-state index contributed by atoms with van der Waals surface area (Å²) in [6.45, 7) is 11.9. The van der Waals surface area contributed by atoms with Crippen LogP contribution in [0.15, 0.2) is 0 Å². The molecule has 0 aromatic rings. The smallest absolute Gasteiger partial charge is 0.216 e. The Labute approximate surface area is 114 Å². The fourth-order valence-electron chi connectivity index (χ4n) is 1.79. The van der Waals surface area contributed by atoms with Crippen molar-refractivity contribution >= 4 is 5.91 Å². The molecular weight excluding hydrogens is 224 g/mol. The molecule has 0 unspecified atom stereocenters. The zero-order valence-corrected chi connectivity index (χ0v) is 13.6. The predicted molar refractivity (Wildman–Crippen MR) is 80.8 cm³/mol. The van der Waals surface area contributed by atoms with Crippen LogP contribution in [0.4, 0.5) is 0 Å². The summed E-state index contributed by atoms with van der Waals surface area (Å²) in [5.74, 6) is 0.0388. The molecular formula is C15H34N2O. The molecule has 18 heavy (non-hydrogen) atoms. The van der Waals surface area contributed by atoms with Gasteiger partial charge in [-0.2, -0.15) is 0 Å². The second-order valence-electron chi connectivity index (χ2n) is 5.66. The standard InChI is InChI=1S/C7H14.C6H14N2O.C2H6/c1-7(2)5-3-4-6-7;1-6(9)7-4-5-8(2)3;1-2/h3-6H2,1-2H3;4-5H2,1-3H3,(H,7,9);1-2H3. The van der Waals surface area contributed by atoms with Crippen LogP contribution in [0.1, 0.15) is 60.3 Å². The third kappa shape index (κ3) is 15.4. The Morgan fingerprint density at radius 3 is 1.83 bits per heavy atom. The lowest BCUT2D eigenvalue weighted by molar-refractivity contribution is -0.118. The Balaban J connectivity index is 0. The molecule has 1 aliphatic carbocycles. The van der Waals surface area contributed by atoms with E-state index in [1.807, 2.05) is 32.8 Å². The summed E-state index contributed by atoms with van der Waals surface area (Å²) < 4.78 is 0. The van der Waals surface area contributed by atoms with Crippen LogP contribution >= 0.6 is 0 Å². The van der Waals surface area contributed by atoms with Crippen LogP contribution in [0.3, 0.4) is 0 Å². The van der Waals surface area contributed by atoms with Crippen LogP contribution in [-0.4, -0.2) is 38.0 Å². The maximum absolute atomic E-state index is 10.3. The van der Waals surface area contributed by atoms with Gasteiger partial charge in [0.15, 0.2) is 0 Å². The molecule has 3 nitrogen and oxygen atoms in total. The van der Waals surface area contributed by atoms with Gasteiger partial charge in [0.05, 0.1) is 0 Å². The van der Waals surface area contributed by atoms with E-state index in [0.717, 1.165) is 13.1 Å². The van der Waals surface area contributed by atoms with Crippen molar-refractivity contribution in [1.82, 2.24) is 10.2 Å². The molecule has 0 saturated heterocycles. The van der Waals surface area contributed by atoms with E-state index in [1.54, 1.807) is 0 Å². The van der Waals surface area contributed by atoms with Gasteiger partial charge in [-0.3, -0.25) is 4.79 Å². The summed E-state index contributed by atoms with van der Waals surface area (Å²) >= 11 is 0. The molecule has 0 bridgehead atoms. The fourth-order valence-corrected chi connectivity index (χ4v) is 1.79. The molecule has 0 atom stereocenters. The zero-order valence-electron chi connectivity index (χ0n) is 13.6. The number of carbonyl (C=O) groups excluding carboxylic acids is 1. The summed E-state index contributed by atoms with van der Waals surface area (Å²) in [7, 11) is 3.95. The first kappa shape index (κ1) is 19.8. The van der Waals surface area contributed by atoms with Crippen molar-refractivity contribution < 1.29 is 4.79 Å². The molecule has 0 aromatic heterocycles. The number of likely N-dealkylation sites (N-methyl/N-ethyl adjacent to an activating group) is 1. The minimum Gasteiger partial charge on any atom is -0.355 e. The Morgan fingerprint density at radius 2 is 1.61 bits per heavy atom. The van der Waals surface area contributed by atoms with Crippen LogP contribution in [0, 0.1) is 5.41 Å². The van der Waals surface area contributed by atoms with Crippen LogP contribution in [0.2, 0.25) is 0 Å². The number of amides is 1. The number of nitrogens with zero attached hydrogens (tertiary/aromatic N) is 1. The van der Waals surface area contributed by atoms with E-state index in [-0.39, 0.29) is 5.91 Å². The van der Waals surface area contributed by atoms with Crippen LogP contribution in [0.25, 0.3) is 0 Å². The van der Waals surface area contributed by atoms with Crippen LogP contribution in [0.5, 0.6) is 0 Å². The molecule has 1 rings (SSSR count). The van der Waals surface area contributed by atoms with Crippen molar-refractivity contribution in [1.29, 1.82) is 0 Å². The number of carbonyl (C=O) groups is 1. The second-order valence-corrected chi connectivity index (χ2v) is 5.66. The van der Waals surface area contributed by atoms with E-state index < -0.39 is 0 Å². The highest BCUT2D eigenvalue weighted by atomic mass is 16.1. The molecule has 0 aliphatic heterocycles. The predicted octanol–water partition coefficient (Wildman–Crippen LogP) is 3.30. The van der Waals surface area contributed by atoms with Gasteiger partial charge in [0.2, 0.25) is 5.91 Å². The van der Waals surface area contributed by atoms with Crippen molar-refractivity contribution in [3.05, 3.63) is 0 Å². The van der Waals surface area contributed by atoms with E-state index in [2.05, 4.69) is 19.2 Å². The Hall–Kier alpha value is -0.570. The normalized spacial score (nSPS) is 16.2.